The Balaban J connectivity index is 2.08. The maximum atomic E-state index is 13.5. The average Bonchev–Trinajstić information content (AvgIpc) is 2.54. The van der Waals surface area contributed by atoms with Gasteiger partial charge < -0.3 is 10.6 Å². The van der Waals surface area contributed by atoms with Crippen molar-refractivity contribution < 1.29 is 18.0 Å². The van der Waals surface area contributed by atoms with E-state index in [1.54, 1.807) is 0 Å². The molecule has 2 N–H and O–H groups in total. The van der Waals surface area contributed by atoms with Crippen LogP contribution in [0.1, 0.15) is 24.3 Å². The molecular formula is C15H15F3N4O. The third-order valence-corrected chi connectivity index (χ3v) is 2.86. The van der Waals surface area contributed by atoms with E-state index in [0.29, 0.717) is 18.3 Å². The number of aromatic nitrogens is 2. The fraction of sp³-hybridized carbons (Fsp3) is 0.267. The lowest BCUT2D eigenvalue weighted by molar-refractivity contribution is 0.102. The van der Waals surface area contributed by atoms with E-state index in [2.05, 4.69) is 20.6 Å². The van der Waals surface area contributed by atoms with E-state index in [4.69, 9.17) is 0 Å². The molecule has 1 heterocycles. The van der Waals surface area contributed by atoms with Crippen molar-refractivity contribution in [3.63, 3.8) is 0 Å². The van der Waals surface area contributed by atoms with Crippen LogP contribution in [0.15, 0.2) is 24.5 Å². The third kappa shape index (κ3) is 4.18. The summed E-state index contributed by atoms with van der Waals surface area (Å²) in [5.41, 5.74) is -0.554. The van der Waals surface area contributed by atoms with Crippen LogP contribution in [0.25, 0.3) is 0 Å². The Bertz CT molecular complexity index is 705. The number of halogens is 3. The van der Waals surface area contributed by atoms with Crippen molar-refractivity contribution in [1.82, 2.24) is 9.97 Å². The number of benzene rings is 1. The number of hydrogen-bond acceptors (Lipinski definition) is 4. The molecule has 0 atom stereocenters. The fourth-order valence-corrected chi connectivity index (χ4v) is 1.65. The fourth-order valence-electron chi connectivity index (χ4n) is 1.65. The summed E-state index contributed by atoms with van der Waals surface area (Å²) in [7, 11) is 0. The third-order valence-electron chi connectivity index (χ3n) is 2.86. The second-order valence-corrected chi connectivity index (χ2v) is 5.24. The highest BCUT2D eigenvalue weighted by Gasteiger charge is 2.16. The normalized spacial score (nSPS) is 10.7. The van der Waals surface area contributed by atoms with Crippen LogP contribution in [0.4, 0.5) is 24.7 Å². The van der Waals surface area contributed by atoms with Gasteiger partial charge in [-0.1, -0.05) is 13.8 Å². The zero-order valence-electron chi connectivity index (χ0n) is 12.5. The average molecular weight is 324 g/mol. The van der Waals surface area contributed by atoms with Crippen molar-refractivity contribution >= 4 is 17.4 Å². The van der Waals surface area contributed by atoms with Gasteiger partial charge in [-0.25, -0.2) is 23.1 Å². The molecule has 2 rings (SSSR count). The van der Waals surface area contributed by atoms with Crippen LogP contribution < -0.4 is 10.6 Å². The maximum Gasteiger partial charge on any atom is 0.275 e. The van der Waals surface area contributed by atoms with Crippen molar-refractivity contribution in [1.29, 1.82) is 0 Å². The largest absolute Gasteiger partial charge is 0.369 e. The van der Waals surface area contributed by atoms with E-state index in [9.17, 15) is 18.0 Å². The molecule has 23 heavy (non-hydrogen) atoms. The lowest BCUT2D eigenvalue weighted by Gasteiger charge is -2.09. The molecule has 2 aromatic rings. The molecule has 0 fully saturated rings. The van der Waals surface area contributed by atoms with Gasteiger partial charge in [-0.3, -0.25) is 4.79 Å². The van der Waals surface area contributed by atoms with Gasteiger partial charge in [0.05, 0.1) is 18.1 Å². The number of nitrogens with one attached hydrogen (secondary N) is 2. The van der Waals surface area contributed by atoms with Crippen molar-refractivity contribution in [2.24, 2.45) is 5.92 Å². The summed E-state index contributed by atoms with van der Waals surface area (Å²) < 4.78 is 39.4. The molecule has 1 aromatic heterocycles. The van der Waals surface area contributed by atoms with Crippen molar-refractivity contribution in [2.75, 3.05) is 17.2 Å². The quantitative estimate of drug-likeness (QED) is 0.829. The molecule has 1 aromatic carbocycles. The Morgan fingerprint density at radius 2 is 1.87 bits per heavy atom. The molecule has 0 bridgehead atoms. The van der Waals surface area contributed by atoms with E-state index >= 15 is 0 Å². The van der Waals surface area contributed by atoms with E-state index in [1.807, 2.05) is 13.8 Å². The number of carbonyl (C=O) groups is 1. The molecule has 0 saturated heterocycles. The Morgan fingerprint density at radius 3 is 2.48 bits per heavy atom. The van der Waals surface area contributed by atoms with Crippen LogP contribution in [0.5, 0.6) is 0 Å². The molecule has 8 heteroatoms. The highest BCUT2D eigenvalue weighted by Crippen LogP contribution is 2.20. The van der Waals surface area contributed by atoms with E-state index < -0.39 is 29.0 Å². The molecule has 5 nitrogen and oxygen atoms in total. The Labute approximate surface area is 131 Å². The first kappa shape index (κ1) is 16.7. The molecule has 0 aliphatic rings. The van der Waals surface area contributed by atoms with Crippen LogP contribution in [0.3, 0.4) is 0 Å². The van der Waals surface area contributed by atoms with Crippen LogP contribution in [-0.4, -0.2) is 22.4 Å². The number of hydrogen-bond donors (Lipinski definition) is 2. The van der Waals surface area contributed by atoms with Crippen LogP contribution >= 0.6 is 0 Å². The zero-order valence-corrected chi connectivity index (χ0v) is 12.5. The first-order valence-corrected chi connectivity index (χ1v) is 6.89. The SMILES string of the molecule is CC(C)CNc1cnc(C(=O)Nc2ccc(F)c(F)c2F)cn1. The topological polar surface area (TPSA) is 66.9 Å². The number of rotatable bonds is 5. The summed E-state index contributed by atoms with van der Waals surface area (Å²) >= 11 is 0. The summed E-state index contributed by atoms with van der Waals surface area (Å²) in [4.78, 5) is 19.8. The molecule has 1 amide bonds. The summed E-state index contributed by atoms with van der Waals surface area (Å²) in [5.74, 6) is -4.33. The number of nitrogens with zero attached hydrogens (tertiary/aromatic N) is 2. The predicted molar refractivity (Wildman–Crippen MR) is 79.6 cm³/mol. The van der Waals surface area contributed by atoms with Crippen molar-refractivity contribution in [3.05, 3.63) is 47.7 Å². The van der Waals surface area contributed by atoms with Gasteiger partial charge in [0.2, 0.25) is 0 Å². The first-order chi connectivity index (χ1) is 10.9. The number of anilines is 2. The zero-order chi connectivity index (χ0) is 17.0. The second kappa shape index (κ2) is 7.08. The minimum Gasteiger partial charge on any atom is -0.369 e. The predicted octanol–water partition coefficient (Wildman–Crippen LogP) is 3.21. The Kier molecular flexibility index (Phi) is 5.15. The summed E-state index contributed by atoms with van der Waals surface area (Å²) in [5, 5.41) is 5.15. The minimum absolute atomic E-state index is 0.0794. The lowest BCUT2D eigenvalue weighted by Crippen LogP contribution is -2.16. The smallest absolute Gasteiger partial charge is 0.275 e. The Morgan fingerprint density at radius 1 is 1.13 bits per heavy atom. The number of amides is 1. The molecule has 0 radical (unpaired) electrons. The monoisotopic (exact) mass is 324 g/mol. The standard InChI is InChI=1S/C15H15F3N4O/c1-8(2)5-20-12-7-19-11(6-21-12)15(23)22-10-4-3-9(16)13(17)14(10)18/h3-4,6-8H,5H2,1-2H3,(H,20,21)(H,22,23). The van der Waals surface area contributed by atoms with Crippen LogP contribution in [0, 0.1) is 23.4 Å². The van der Waals surface area contributed by atoms with Gasteiger partial charge >= 0.3 is 0 Å². The highest BCUT2D eigenvalue weighted by molar-refractivity contribution is 6.02. The van der Waals surface area contributed by atoms with Crippen molar-refractivity contribution in [2.45, 2.75) is 13.8 Å². The Hall–Kier alpha value is -2.64. The second-order valence-electron chi connectivity index (χ2n) is 5.24. The molecule has 0 unspecified atom stereocenters. The number of carbonyl (C=O) groups excluding carboxylic acids is 1. The molecule has 0 spiro atoms. The van der Waals surface area contributed by atoms with Gasteiger partial charge in [-0.2, -0.15) is 0 Å². The summed E-state index contributed by atoms with van der Waals surface area (Å²) in [6.45, 7) is 4.75. The summed E-state index contributed by atoms with van der Waals surface area (Å²) in [6, 6.07) is 1.65. The first-order valence-electron chi connectivity index (χ1n) is 6.89. The molecular weight excluding hydrogens is 309 g/mol. The summed E-state index contributed by atoms with van der Waals surface area (Å²) in [6.07, 6.45) is 2.56. The molecule has 0 aliphatic carbocycles. The van der Waals surface area contributed by atoms with Gasteiger partial charge in [0.25, 0.3) is 5.91 Å². The van der Waals surface area contributed by atoms with E-state index in [0.717, 1.165) is 12.1 Å². The van der Waals surface area contributed by atoms with Gasteiger partial charge in [0, 0.05) is 6.54 Å². The van der Waals surface area contributed by atoms with E-state index in [-0.39, 0.29) is 5.69 Å². The van der Waals surface area contributed by atoms with Gasteiger partial charge in [-0.05, 0) is 18.1 Å². The highest BCUT2D eigenvalue weighted by atomic mass is 19.2. The van der Waals surface area contributed by atoms with Gasteiger partial charge in [0.1, 0.15) is 11.5 Å². The lowest BCUT2D eigenvalue weighted by atomic mass is 10.2. The van der Waals surface area contributed by atoms with Gasteiger partial charge in [-0.15, -0.1) is 0 Å². The van der Waals surface area contributed by atoms with Crippen LogP contribution in [0.2, 0.25) is 0 Å². The minimum atomic E-state index is -1.65. The molecule has 0 aliphatic heterocycles. The molecule has 0 saturated carbocycles. The molecule has 122 valence electrons. The maximum absolute atomic E-state index is 13.5. The van der Waals surface area contributed by atoms with Gasteiger partial charge in [0.15, 0.2) is 17.5 Å². The van der Waals surface area contributed by atoms with Crippen molar-refractivity contribution in [3.8, 4) is 0 Å². The van der Waals surface area contributed by atoms with Crippen LogP contribution in [-0.2, 0) is 0 Å². The van der Waals surface area contributed by atoms with E-state index in [1.165, 1.54) is 12.4 Å².